The van der Waals surface area contributed by atoms with E-state index in [0.717, 1.165) is 38.3 Å². The maximum Gasteiger partial charge on any atom is 0.246 e. The summed E-state index contributed by atoms with van der Waals surface area (Å²) in [5, 5.41) is 0. The van der Waals surface area contributed by atoms with E-state index in [1.807, 2.05) is 23.1 Å². The fourth-order valence-corrected chi connectivity index (χ4v) is 2.50. The number of nitrogens with zero attached hydrogens (tertiary/aromatic N) is 2. The van der Waals surface area contributed by atoms with Crippen LogP contribution in [-0.4, -0.2) is 54.3 Å². The molecule has 116 valence electrons. The highest BCUT2D eigenvalue weighted by molar-refractivity contribution is 6.18. The summed E-state index contributed by atoms with van der Waals surface area (Å²) in [7, 11) is 0. The molecule has 0 aromatic heterocycles. The van der Waals surface area contributed by atoms with Gasteiger partial charge in [-0.05, 0) is 18.6 Å². The van der Waals surface area contributed by atoms with Crippen molar-refractivity contribution in [1.82, 2.24) is 9.80 Å². The molecule has 0 atom stereocenters. The maximum atomic E-state index is 12.1. The van der Waals surface area contributed by atoms with Gasteiger partial charge < -0.3 is 4.90 Å². The van der Waals surface area contributed by atoms with Crippen LogP contribution in [0.1, 0.15) is 11.1 Å². The van der Waals surface area contributed by atoms with Gasteiger partial charge in [-0.3, -0.25) is 9.69 Å². The van der Waals surface area contributed by atoms with Gasteiger partial charge in [0.25, 0.3) is 0 Å². The van der Waals surface area contributed by atoms with Crippen LogP contribution in [0.4, 0.5) is 0 Å². The molecule has 1 aliphatic rings. The second-order valence-electron chi connectivity index (χ2n) is 5.10. The summed E-state index contributed by atoms with van der Waals surface area (Å²) in [5.41, 5.74) is 2.29. The minimum absolute atomic E-state index is 0. The number of benzene rings is 1. The molecule has 0 aliphatic carbocycles. The van der Waals surface area contributed by atoms with E-state index in [1.54, 1.807) is 6.08 Å². The Balaban J connectivity index is 0.00000220. The Labute approximate surface area is 138 Å². The van der Waals surface area contributed by atoms with E-state index >= 15 is 0 Å². The van der Waals surface area contributed by atoms with Crippen molar-refractivity contribution in [3.05, 3.63) is 41.5 Å². The topological polar surface area (TPSA) is 23.6 Å². The monoisotopic (exact) mass is 328 g/mol. The summed E-state index contributed by atoms with van der Waals surface area (Å²) in [4.78, 5) is 16.3. The molecular formula is C16H22Cl2N2O. The van der Waals surface area contributed by atoms with Gasteiger partial charge >= 0.3 is 0 Å². The van der Waals surface area contributed by atoms with Gasteiger partial charge in [-0.25, -0.2) is 0 Å². The molecule has 5 heteroatoms. The van der Waals surface area contributed by atoms with Gasteiger partial charge in [0.05, 0.1) is 0 Å². The predicted octanol–water partition coefficient (Wildman–Crippen LogP) is 2.81. The molecule has 3 nitrogen and oxygen atoms in total. The summed E-state index contributed by atoms with van der Waals surface area (Å²) in [6.07, 6.45) is 3.55. The van der Waals surface area contributed by atoms with Crippen LogP contribution in [-0.2, 0) is 4.79 Å². The van der Waals surface area contributed by atoms with E-state index in [0.29, 0.717) is 5.88 Å². The van der Waals surface area contributed by atoms with Crippen LogP contribution in [0.5, 0.6) is 0 Å². The minimum Gasteiger partial charge on any atom is -0.337 e. The van der Waals surface area contributed by atoms with Gasteiger partial charge in [0.1, 0.15) is 0 Å². The van der Waals surface area contributed by atoms with E-state index in [4.69, 9.17) is 11.6 Å². The number of alkyl halides is 1. The van der Waals surface area contributed by atoms with Crippen LogP contribution in [0.2, 0.25) is 0 Å². The van der Waals surface area contributed by atoms with Crippen molar-refractivity contribution in [3.63, 3.8) is 0 Å². The molecule has 0 radical (unpaired) electrons. The highest BCUT2D eigenvalue weighted by Crippen LogP contribution is 2.07. The molecule has 0 N–H and O–H groups in total. The van der Waals surface area contributed by atoms with Crippen LogP contribution < -0.4 is 0 Å². The quantitative estimate of drug-likeness (QED) is 0.626. The fourth-order valence-electron chi connectivity index (χ4n) is 2.26. The van der Waals surface area contributed by atoms with Crippen molar-refractivity contribution in [2.45, 2.75) is 6.92 Å². The van der Waals surface area contributed by atoms with Crippen LogP contribution in [0.15, 0.2) is 30.3 Å². The Hall–Kier alpha value is -1.03. The highest BCUT2D eigenvalue weighted by atomic mass is 35.5. The number of halogens is 2. The Morgan fingerprint density at radius 1 is 1.19 bits per heavy atom. The standard InChI is InChI=1S/C16H21ClN2O.ClH/c1-14-2-4-15(5-3-14)6-7-16(20)19-12-10-18(9-8-17)11-13-19;/h2-7H,8-13H2,1H3;1H/b7-6+;. The predicted molar refractivity (Wildman–Crippen MR) is 91.2 cm³/mol. The Bertz CT molecular complexity index is 466. The number of piperazine rings is 1. The van der Waals surface area contributed by atoms with Gasteiger partial charge in [-0.15, -0.1) is 24.0 Å². The number of hydrogen-bond donors (Lipinski definition) is 0. The molecule has 0 bridgehead atoms. The zero-order valence-electron chi connectivity index (χ0n) is 12.3. The number of aryl methyl sites for hydroxylation is 1. The average Bonchev–Trinajstić information content (AvgIpc) is 2.47. The third kappa shape index (κ3) is 5.70. The summed E-state index contributed by atoms with van der Waals surface area (Å²) < 4.78 is 0. The molecule has 1 aromatic rings. The zero-order chi connectivity index (χ0) is 14.4. The van der Waals surface area contributed by atoms with E-state index in [9.17, 15) is 4.79 Å². The van der Waals surface area contributed by atoms with Crippen molar-refractivity contribution in [2.75, 3.05) is 38.6 Å². The highest BCUT2D eigenvalue weighted by Gasteiger charge is 2.18. The molecular weight excluding hydrogens is 307 g/mol. The molecule has 1 aromatic carbocycles. The first kappa shape index (κ1) is 18.0. The molecule has 1 amide bonds. The minimum atomic E-state index is 0. The van der Waals surface area contributed by atoms with Crippen LogP contribution in [0, 0.1) is 6.92 Å². The molecule has 21 heavy (non-hydrogen) atoms. The van der Waals surface area contributed by atoms with Crippen LogP contribution >= 0.6 is 24.0 Å². The Morgan fingerprint density at radius 2 is 1.81 bits per heavy atom. The van der Waals surface area contributed by atoms with Crippen molar-refractivity contribution in [3.8, 4) is 0 Å². The fraction of sp³-hybridized carbons (Fsp3) is 0.438. The van der Waals surface area contributed by atoms with Crippen LogP contribution in [0.3, 0.4) is 0 Å². The Kier molecular flexibility index (Phi) is 7.79. The molecule has 1 heterocycles. The second kappa shape index (κ2) is 9.08. The third-order valence-electron chi connectivity index (χ3n) is 3.58. The third-order valence-corrected chi connectivity index (χ3v) is 3.75. The number of amides is 1. The molecule has 0 unspecified atom stereocenters. The number of rotatable bonds is 4. The summed E-state index contributed by atoms with van der Waals surface area (Å²) in [6.45, 7) is 6.36. The average molecular weight is 329 g/mol. The molecule has 1 aliphatic heterocycles. The Morgan fingerprint density at radius 3 is 2.38 bits per heavy atom. The van der Waals surface area contributed by atoms with E-state index < -0.39 is 0 Å². The first-order chi connectivity index (χ1) is 9.69. The van der Waals surface area contributed by atoms with Gasteiger partial charge in [0, 0.05) is 44.7 Å². The lowest BCUT2D eigenvalue weighted by Gasteiger charge is -2.33. The van der Waals surface area contributed by atoms with Gasteiger partial charge in [0.2, 0.25) is 5.91 Å². The lowest BCUT2D eigenvalue weighted by molar-refractivity contribution is -0.127. The second-order valence-corrected chi connectivity index (χ2v) is 5.48. The molecule has 0 spiro atoms. The molecule has 0 saturated carbocycles. The number of carbonyl (C=O) groups is 1. The van der Waals surface area contributed by atoms with Crippen molar-refractivity contribution in [2.24, 2.45) is 0 Å². The molecule has 1 saturated heterocycles. The first-order valence-corrected chi connectivity index (χ1v) is 7.54. The van der Waals surface area contributed by atoms with E-state index in [1.165, 1.54) is 5.56 Å². The van der Waals surface area contributed by atoms with E-state index in [-0.39, 0.29) is 18.3 Å². The summed E-state index contributed by atoms with van der Waals surface area (Å²) in [5.74, 6) is 0.748. The molecule has 1 fully saturated rings. The van der Waals surface area contributed by atoms with Crippen molar-refractivity contribution < 1.29 is 4.79 Å². The first-order valence-electron chi connectivity index (χ1n) is 7.01. The van der Waals surface area contributed by atoms with Crippen LogP contribution in [0.25, 0.3) is 6.08 Å². The normalized spacial score (nSPS) is 16.0. The number of carbonyl (C=O) groups excluding carboxylic acids is 1. The van der Waals surface area contributed by atoms with Gasteiger partial charge in [-0.2, -0.15) is 0 Å². The van der Waals surface area contributed by atoms with E-state index in [2.05, 4.69) is 24.0 Å². The van der Waals surface area contributed by atoms with Crippen molar-refractivity contribution in [1.29, 1.82) is 0 Å². The summed E-state index contributed by atoms with van der Waals surface area (Å²) >= 11 is 5.73. The maximum absolute atomic E-state index is 12.1. The smallest absolute Gasteiger partial charge is 0.246 e. The lowest BCUT2D eigenvalue weighted by atomic mass is 10.1. The SMILES string of the molecule is Cc1ccc(/C=C/C(=O)N2CCN(CCCl)CC2)cc1.Cl. The largest absolute Gasteiger partial charge is 0.337 e. The number of hydrogen-bond acceptors (Lipinski definition) is 2. The lowest BCUT2D eigenvalue weighted by Crippen LogP contribution is -2.48. The summed E-state index contributed by atoms with van der Waals surface area (Å²) in [6, 6.07) is 8.15. The van der Waals surface area contributed by atoms with Gasteiger partial charge in [-0.1, -0.05) is 29.8 Å². The van der Waals surface area contributed by atoms with Gasteiger partial charge in [0.15, 0.2) is 0 Å². The van der Waals surface area contributed by atoms with Crippen molar-refractivity contribution >= 4 is 36.0 Å². The molecule has 2 rings (SSSR count). The zero-order valence-corrected chi connectivity index (χ0v) is 13.9.